The highest BCUT2D eigenvalue weighted by Gasteiger charge is 2.19. The fourth-order valence-electron chi connectivity index (χ4n) is 8.73. The average molecular weight is 1070 g/mol. The van der Waals surface area contributed by atoms with Crippen LogP contribution in [0.3, 0.4) is 0 Å². The van der Waals surface area contributed by atoms with Crippen molar-refractivity contribution in [2.45, 2.75) is 297 Å². The minimum atomic E-state index is -0.795. The van der Waals surface area contributed by atoms with Crippen LogP contribution in [0.25, 0.3) is 0 Å². The van der Waals surface area contributed by atoms with Gasteiger partial charge in [0.05, 0.1) is 0 Å². The lowest BCUT2D eigenvalue weighted by atomic mass is 10.0. The standard InChI is InChI=1S/C71H118O6/c1-4-7-10-13-16-19-22-24-26-28-30-32-34-35-37-38-40-42-44-46-49-52-55-58-61-64-70(73)76-67-68(66-75-69(72)63-60-57-54-51-48-21-18-15-12-9-6-3)77-71(74)65-62-59-56-53-50-47-45-43-41-39-36-33-31-29-27-25-23-20-17-14-11-8-5-2/h7-8,10-11,16-17,19-20,24-27,30-33,39,41,45,47,68H,4-6,9,12-15,18,21-23,28-29,34-38,40,42-44,46,48-67H2,1-3H3/b10-7-,11-8-,19-16-,20-17-,26-24-,27-25-,32-30-,33-31-,41-39-,47-45-. The smallest absolute Gasteiger partial charge is 0.306 e. The molecular formula is C71H118O6. The Labute approximate surface area is 475 Å². The van der Waals surface area contributed by atoms with Crippen molar-refractivity contribution in [1.29, 1.82) is 0 Å². The summed E-state index contributed by atoms with van der Waals surface area (Å²) >= 11 is 0. The molecular weight excluding hydrogens is 949 g/mol. The summed E-state index contributed by atoms with van der Waals surface area (Å²) in [5.74, 6) is -0.911. The van der Waals surface area contributed by atoms with E-state index in [2.05, 4.69) is 142 Å². The summed E-state index contributed by atoms with van der Waals surface area (Å²) in [6.45, 7) is 6.40. The predicted octanol–water partition coefficient (Wildman–Crippen LogP) is 22.0. The molecule has 0 saturated heterocycles. The van der Waals surface area contributed by atoms with E-state index in [0.717, 1.165) is 135 Å². The monoisotopic (exact) mass is 1070 g/mol. The minimum absolute atomic E-state index is 0.0888. The number of hydrogen-bond donors (Lipinski definition) is 0. The van der Waals surface area contributed by atoms with Crippen LogP contribution in [0.15, 0.2) is 122 Å². The lowest BCUT2D eigenvalue weighted by molar-refractivity contribution is -0.167. The summed E-state index contributed by atoms with van der Waals surface area (Å²) in [4.78, 5) is 38.3. The van der Waals surface area contributed by atoms with Gasteiger partial charge in [0.1, 0.15) is 13.2 Å². The third-order valence-corrected chi connectivity index (χ3v) is 13.5. The largest absolute Gasteiger partial charge is 0.462 e. The molecule has 0 aromatic carbocycles. The molecule has 0 radical (unpaired) electrons. The first-order valence-corrected chi connectivity index (χ1v) is 32.0. The van der Waals surface area contributed by atoms with E-state index < -0.39 is 6.10 Å². The minimum Gasteiger partial charge on any atom is -0.462 e. The second-order valence-electron chi connectivity index (χ2n) is 20.9. The van der Waals surface area contributed by atoms with Gasteiger partial charge in [-0.25, -0.2) is 0 Å². The van der Waals surface area contributed by atoms with Crippen LogP contribution in [0.1, 0.15) is 290 Å². The van der Waals surface area contributed by atoms with Gasteiger partial charge in [-0.05, 0) is 109 Å². The summed E-state index contributed by atoms with van der Waals surface area (Å²) in [5.41, 5.74) is 0. The van der Waals surface area contributed by atoms with E-state index in [1.165, 1.54) is 116 Å². The normalized spacial score (nSPS) is 12.9. The molecule has 1 unspecified atom stereocenters. The zero-order chi connectivity index (χ0) is 55.7. The Morgan fingerprint density at radius 1 is 0.273 bits per heavy atom. The molecule has 0 aliphatic rings. The van der Waals surface area contributed by atoms with Crippen molar-refractivity contribution in [2.75, 3.05) is 13.2 Å². The number of carbonyl (C=O) groups excluding carboxylic acids is 3. The summed E-state index contributed by atoms with van der Waals surface area (Å²) < 4.78 is 16.9. The number of ether oxygens (including phenoxy) is 3. The Kier molecular flexibility index (Phi) is 60.8. The average Bonchev–Trinajstić information content (AvgIpc) is 3.43. The Bertz CT molecular complexity index is 1600. The molecule has 0 aromatic rings. The van der Waals surface area contributed by atoms with Crippen LogP contribution in [-0.4, -0.2) is 37.2 Å². The first-order valence-electron chi connectivity index (χ1n) is 32.0. The molecule has 6 nitrogen and oxygen atoms in total. The number of rotatable bonds is 57. The maximum absolute atomic E-state index is 12.9. The van der Waals surface area contributed by atoms with Crippen molar-refractivity contribution in [3.05, 3.63) is 122 Å². The molecule has 0 rings (SSSR count). The quantitative estimate of drug-likeness (QED) is 0.0261. The van der Waals surface area contributed by atoms with E-state index in [-0.39, 0.29) is 31.1 Å². The van der Waals surface area contributed by atoms with E-state index in [1.54, 1.807) is 0 Å². The van der Waals surface area contributed by atoms with Gasteiger partial charge < -0.3 is 14.2 Å². The molecule has 0 aliphatic heterocycles. The van der Waals surface area contributed by atoms with Crippen molar-refractivity contribution in [2.24, 2.45) is 0 Å². The second-order valence-corrected chi connectivity index (χ2v) is 20.9. The van der Waals surface area contributed by atoms with Crippen LogP contribution < -0.4 is 0 Å². The van der Waals surface area contributed by atoms with Gasteiger partial charge in [-0.2, -0.15) is 0 Å². The van der Waals surface area contributed by atoms with Gasteiger partial charge in [-0.15, -0.1) is 0 Å². The lowest BCUT2D eigenvalue weighted by Gasteiger charge is -2.18. The van der Waals surface area contributed by atoms with Crippen LogP contribution in [0.5, 0.6) is 0 Å². The predicted molar refractivity (Wildman–Crippen MR) is 334 cm³/mol. The topological polar surface area (TPSA) is 78.9 Å². The van der Waals surface area contributed by atoms with Gasteiger partial charge in [0, 0.05) is 19.3 Å². The highest BCUT2D eigenvalue weighted by molar-refractivity contribution is 5.71. The summed E-state index contributed by atoms with van der Waals surface area (Å²) in [6, 6.07) is 0. The summed E-state index contributed by atoms with van der Waals surface area (Å²) in [7, 11) is 0. The number of esters is 3. The van der Waals surface area contributed by atoms with Crippen molar-refractivity contribution in [3.63, 3.8) is 0 Å². The first-order chi connectivity index (χ1) is 38.0. The van der Waals surface area contributed by atoms with Gasteiger partial charge >= 0.3 is 17.9 Å². The lowest BCUT2D eigenvalue weighted by Crippen LogP contribution is -2.30. The van der Waals surface area contributed by atoms with Gasteiger partial charge in [0.25, 0.3) is 0 Å². The summed E-state index contributed by atoms with van der Waals surface area (Å²) in [5, 5.41) is 0. The molecule has 0 spiro atoms. The molecule has 0 amide bonds. The fraction of sp³-hybridized carbons (Fsp3) is 0.676. The third kappa shape index (κ3) is 62.5. The number of hydrogen-bond acceptors (Lipinski definition) is 6. The summed E-state index contributed by atoms with van der Waals surface area (Å²) in [6.07, 6.45) is 89.2. The molecule has 0 N–H and O–H groups in total. The van der Waals surface area contributed by atoms with E-state index in [1.807, 2.05) is 0 Å². The Morgan fingerprint density at radius 3 is 0.792 bits per heavy atom. The Balaban J connectivity index is 4.34. The molecule has 6 heteroatoms. The zero-order valence-corrected chi connectivity index (χ0v) is 50.2. The van der Waals surface area contributed by atoms with E-state index in [9.17, 15) is 14.4 Å². The Hall–Kier alpha value is -4.19. The number of allylic oxidation sites excluding steroid dienone is 20. The van der Waals surface area contributed by atoms with Crippen molar-refractivity contribution in [1.82, 2.24) is 0 Å². The van der Waals surface area contributed by atoms with Crippen LogP contribution >= 0.6 is 0 Å². The van der Waals surface area contributed by atoms with Crippen LogP contribution in [0.4, 0.5) is 0 Å². The zero-order valence-electron chi connectivity index (χ0n) is 50.2. The van der Waals surface area contributed by atoms with Crippen LogP contribution in [0, 0.1) is 0 Å². The van der Waals surface area contributed by atoms with E-state index in [0.29, 0.717) is 19.3 Å². The van der Waals surface area contributed by atoms with E-state index in [4.69, 9.17) is 14.2 Å². The van der Waals surface area contributed by atoms with Gasteiger partial charge in [-0.1, -0.05) is 284 Å². The van der Waals surface area contributed by atoms with Crippen molar-refractivity contribution >= 4 is 17.9 Å². The van der Waals surface area contributed by atoms with Gasteiger partial charge in [0.15, 0.2) is 6.10 Å². The first kappa shape index (κ1) is 72.8. The highest BCUT2D eigenvalue weighted by Crippen LogP contribution is 2.16. The van der Waals surface area contributed by atoms with Crippen LogP contribution in [0.2, 0.25) is 0 Å². The molecule has 0 fully saturated rings. The van der Waals surface area contributed by atoms with Crippen molar-refractivity contribution < 1.29 is 28.6 Å². The maximum atomic E-state index is 12.9. The second kappa shape index (κ2) is 64.3. The number of unbranched alkanes of at least 4 members (excludes halogenated alkanes) is 26. The molecule has 77 heavy (non-hydrogen) atoms. The molecule has 438 valence electrons. The molecule has 0 aromatic heterocycles. The highest BCUT2D eigenvalue weighted by atomic mass is 16.6. The fourth-order valence-corrected chi connectivity index (χ4v) is 8.73. The number of carbonyl (C=O) groups is 3. The molecule has 0 saturated carbocycles. The molecule has 1 atom stereocenters. The van der Waals surface area contributed by atoms with Gasteiger partial charge in [0.2, 0.25) is 0 Å². The van der Waals surface area contributed by atoms with Gasteiger partial charge in [-0.3, -0.25) is 14.4 Å². The molecule has 0 heterocycles. The van der Waals surface area contributed by atoms with Crippen LogP contribution in [-0.2, 0) is 28.6 Å². The molecule has 0 aliphatic carbocycles. The van der Waals surface area contributed by atoms with E-state index >= 15 is 0 Å². The molecule has 0 bridgehead atoms. The third-order valence-electron chi connectivity index (χ3n) is 13.5. The Morgan fingerprint density at radius 2 is 0.506 bits per heavy atom. The SMILES string of the molecule is CC/C=C\C/C=C\C/C=C\C/C=C\C/C=C\C/C=C\CCCCCCC(=O)OC(COC(=O)CCCCCCCCCCCCC)COC(=O)CCCCCCCCCCCCCC/C=C\C/C=C\C/C=C\C/C=C\CC. The van der Waals surface area contributed by atoms with Crippen molar-refractivity contribution in [3.8, 4) is 0 Å². The maximum Gasteiger partial charge on any atom is 0.306 e.